The molecular weight excluding hydrogens is 265 g/mol. The van der Waals surface area contributed by atoms with E-state index in [1.54, 1.807) is 18.2 Å². The van der Waals surface area contributed by atoms with E-state index in [0.29, 0.717) is 10.8 Å². The topological polar surface area (TPSA) is 33.0 Å². The standard InChI is InChI=1S/C15H11ClFNO/c1-9-6-11(16)7-10(2)15(9)19-14-5-3-4-13(17)12(14)8-18/h3-7H,1-2H3. The minimum absolute atomic E-state index is 0.101. The summed E-state index contributed by atoms with van der Waals surface area (Å²) < 4.78 is 19.2. The van der Waals surface area contributed by atoms with Crippen LogP contribution in [0.3, 0.4) is 0 Å². The first-order chi connectivity index (χ1) is 9.02. The molecule has 96 valence electrons. The van der Waals surface area contributed by atoms with Gasteiger partial charge in [0.15, 0.2) is 0 Å². The van der Waals surface area contributed by atoms with E-state index in [1.807, 2.05) is 19.9 Å². The number of hydrogen-bond donors (Lipinski definition) is 0. The van der Waals surface area contributed by atoms with Gasteiger partial charge in [0.2, 0.25) is 0 Å². The molecule has 2 aromatic rings. The smallest absolute Gasteiger partial charge is 0.148 e. The van der Waals surface area contributed by atoms with Crippen molar-refractivity contribution >= 4 is 11.6 Å². The first-order valence-corrected chi connectivity index (χ1v) is 6.04. The van der Waals surface area contributed by atoms with Crippen molar-refractivity contribution in [3.63, 3.8) is 0 Å². The van der Waals surface area contributed by atoms with Gasteiger partial charge in [-0.2, -0.15) is 5.26 Å². The van der Waals surface area contributed by atoms with Crippen molar-refractivity contribution in [1.82, 2.24) is 0 Å². The molecule has 0 fully saturated rings. The lowest BCUT2D eigenvalue weighted by Crippen LogP contribution is -1.95. The highest BCUT2D eigenvalue weighted by Gasteiger charge is 2.13. The normalized spacial score (nSPS) is 10.1. The molecule has 2 nitrogen and oxygen atoms in total. The van der Waals surface area contributed by atoms with Crippen molar-refractivity contribution in [2.24, 2.45) is 0 Å². The van der Waals surface area contributed by atoms with Crippen molar-refractivity contribution in [2.45, 2.75) is 13.8 Å². The molecule has 4 heteroatoms. The number of nitrogens with zero attached hydrogens (tertiary/aromatic N) is 1. The molecular formula is C15H11ClFNO. The van der Waals surface area contributed by atoms with Crippen LogP contribution >= 0.6 is 11.6 Å². The zero-order valence-corrected chi connectivity index (χ0v) is 11.3. The Kier molecular flexibility index (Phi) is 3.73. The summed E-state index contributed by atoms with van der Waals surface area (Å²) in [6, 6.07) is 9.63. The molecule has 0 radical (unpaired) electrons. The number of nitriles is 1. The summed E-state index contributed by atoms with van der Waals surface area (Å²) in [6.45, 7) is 3.69. The van der Waals surface area contributed by atoms with Gasteiger partial charge in [0, 0.05) is 5.02 Å². The number of aryl methyl sites for hydroxylation is 2. The second-order valence-corrected chi connectivity index (χ2v) is 4.63. The van der Waals surface area contributed by atoms with Crippen molar-refractivity contribution < 1.29 is 9.13 Å². The molecule has 0 amide bonds. The quantitative estimate of drug-likeness (QED) is 0.791. The van der Waals surface area contributed by atoms with Crippen molar-refractivity contribution in [1.29, 1.82) is 5.26 Å². The Morgan fingerprint density at radius 3 is 2.42 bits per heavy atom. The lowest BCUT2D eigenvalue weighted by Gasteiger charge is -2.13. The molecule has 19 heavy (non-hydrogen) atoms. The van der Waals surface area contributed by atoms with Crippen LogP contribution in [0.4, 0.5) is 4.39 Å². The molecule has 2 aromatic carbocycles. The molecule has 0 aliphatic heterocycles. The minimum Gasteiger partial charge on any atom is -0.455 e. The highest BCUT2D eigenvalue weighted by Crippen LogP contribution is 2.33. The summed E-state index contributed by atoms with van der Waals surface area (Å²) >= 11 is 5.94. The molecule has 0 aliphatic carbocycles. The molecule has 2 rings (SSSR count). The number of hydrogen-bond acceptors (Lipinski definition) is 2. The van der Waals surface area contributed by atoms with Crippen molar-refractivity contribution in [3.05, 3.63) is 57.9 Å². The highest BCUT2D eigenvalue weighted by molar-refractivity contribution is 6.30. The van der Waals surface area contributed by atoms with E-state index in [4.69, 9.17) is 21.6 Å². The van der Waals surface area contributed by atoms with Crippen LogP contribution in [-0.2, 0) is 0 Å². The Morgan fingerprint density at radius 2 is 1.84 bits per heavy atom. The van der Waals surface area contributed by atoms with Gasteiger partial charge in [-0.05, 0) is 49.2 Å². The maximum absolute atomic E-state index is 13.5. The Morgan fingerprint density at radius 1 is 1.21 bits per heavy atom. The minimum atomic E-state index is -0.593. The van der Waals surface area contributed by atoms with Gasteiger partial charge < -0.3 is 4.74 Å². The second kappa shape index (κ2) is 5.29. The molecule has 0 aromatic heterocycles. The van der Waals surface area contributed by atoms with E-state index in [0.717, 1.165) is 11.1 Å². The van der Waals surface area contributed by atoms with Gasteiger partial charge in [0.1, 0.15) is 28.9 Å². The van der Waals surface area contributed by atoms with E-state index in [1.165, 1.54) is 12.1 Å². The molecule has 0 N–H and O–H groups in total. The molecule has 0 bridgehead atoms. The largest absolute Gasteiger partial charge is 0.455 e. The van der Waals surface area contributed by atoms with Gasteiger partial charge in [0.25, 0.3) is 0 Å². The Hall–Kier alpha value is -2.05. The molecule has 0 aliphatic rings. The maximum Gasteiger partial charge on any atom is 0.148 e. The average Bonchev–Trinajstić information content (AvgIpc) is 2.34. The average molecular weight is 276 g/mol. The first-order valence-electron chi connectivity index (χ1n) is 5.66. The Bertz CT molecular complexity index is 653. The molecule has 0 unspecified atom stereocenters. The zero-order chi connectivity index (χ0) is 14.0. The van der Waals surface area contributed by atoms with Crippen LogP contribution in [0.2, 0.25) is 5.02 Å². The fourth-order valence-electron chi connectivity index (χ4n) is 1.87. The molecule has 0 saturated heterocycles. The van der Waals surface area contributed by atoms with Crippen molar-refractivity contribution in [2.75, 3.05) is 0 Å². The van der Waals surface area contributed by atoms with Crippen LogP contribution in [0.5, 0.6) is 11.5 Å². The third-order valence-electron chi connectivity index (χ3n) is 2.72. The number of benzene rings is 2. The summed E-state index contributed by atoms with van der Waals surface area (Å²) in [5, 5.41) is 9.58. The van der Waals surface area contributed by atoms with Gasteiger partial charge >= 0.3 is 0 Å². The van der Waals surface area contributed by atoms with Gasteiger partial charge in [0.05, 0.1) is 0 Å². The van der Waals surface area contributed by atoms with Crippen LogP contribution in [-0.4, -0.2) is 0 Å². The Labute approximate surface area is 116 Å². The van der Waals surface area contributed by atoms with E-state index in [9.17, 15) is 4.39 Å². The lowest BCUT2D eigenvalue weighted by atomic mass is 10.1. The van der Waals surface area contributed by atoms with Crippen LogP contribution in [0.1, 0.15) is 16.7 Å². The van der Waals surface area contributed by atoms with Gasteiger partial charge in [-0.15, -0.1) is 0 Å². The molecule has 0 saturated carbocycles. The van der Waals surface area contributed by atoms with Crippen LogP contribution in [0.15, 0.2) is 30.3 Å². The van der Waals surface area contributed by atoms with Crippen LogP contribution in [0, 0.1) is 31.0 Å². The summed E-state index contributed by atoms with van der Waals surface area (Å²) in [7, 11) is 0. The predicted molar refractivity (Wildman–Crippen MR) is 72.1 cm³/mol. The van der Waals surface area contributed by atoms with Gasteiger partial charge in [-0.1, -0.05) is 17.7 Å². The van der Waals surface area contributed by atoms with Crippen molar-refractivity contribution in [3.8, 4) is 17.6 Å². The summed E-state index contributed by atoms with van der Waals surface area (Å²) in [5.74, 6) is 0.201. The second-order valence-electron chi connectivity index (χ2n) is 4.20. The molecule has 0 spiro atoms. The van der Waals surface area contributed by atoms with Crippen LogP contribution in [0.25, 0.3) is 0 Å². The van der Waals surface area contributed by atoms with Gasteiger partial charge in [-0.25, -0.2) is 4.39 Å². The fraction of sp³-hybridized carbons (Fsp3) is 0.133. The third kappa shape index (κ3) is 2.69. The van der Waals surface area contributed by atoms with E-state index in [-0.39, 0.29) is 11.3 Å². The van der Waals surface area contributed by atoms with E-state index >= 15 is 0 Å². The van der Waals surface area contributed by atoms with E-state index < -0.39 is 5.82 Å². The highest BCUT2D eigenvalue weighted by atomic mass is 35.5. The summed E-state index contributed by atoms with van der Waals surface area (Å²) in [5.41, 5.74) is 1.56. The predicted octanol–water partition coefficient (Wildman–Crippen LogP) is 4.76. The number of ether oxygens (including phenoxy) is 1. The summed E-state index contributed by atoms with van der Waals surface area (Å²) in [4.78, 5) is 0. The SMILES string of the molecule is Cc1cc(Cl)cc(C)c1Oc1cccc(F)c1C#N. The Balaban J connectivity index is 2.49. The molecule has 0 heterocycles. The lowest BCUT2D eigenvalue weighted by molar-refractivity contribution is 0.467. The van der Waals surface area contributed by atoms with E-state index in [2.05, 4.69) is 0 Å². The number of halogens is 2. The third-order valence-corrected chi connectivity index (χ3v) is 2.94. The fourth-order valence-corrected chi connectivity index (χ4v) is 2.19. The first kappa shape index (κ1) is 13.4. The maximum atomic E-state index is 13.5. The van der Waals surface area contributed by atoms with Gasteiger partial charge in [-0.3, -0.25) is 0 Å². The summed E-state index contributed by atoms with van der Waals surface area (Å²) in [6.07, 6.45) is 0. The zero-order valence-electron chi connectivity index (χ0n) is 10.5. The molecule has 0 atom stereocenters. The number of rotatable bonds is 2. The monoisotopic (exact) mass is 275 g/mol. The van der Waals surface area contributed by atoms with Crippen LogP contribution < -0.4 is 4.74 Å².